The SMILES string of the molecule is Cc1ccc(-c2noc([C@H]3C[C@@H]3F)n2)cc1NC(=O)c1cnn(-c2cccc(N)c2)c1. The van der Waals surface area contributed by atoms with Crippen molar-refractivity contribution in [1.82, 2.24) is 19.9 Å². The van der Waals surface area contributed by atoms with Gasteiger partial charge in [0.1, 0.15) is 6.17 Å². The minimum atomic E-state index is -0.908. The number of alkyl halides is 1. The maximum atomic E-state index is 13.2. The summed E-state index contributed by atoms with van der Waals surface area (Å²) in [4.78, 5) is 17.1. The summed E-state index contributed by atoms with van der Waals surface area (Å²) in [6.07, 6.45) is 2.64. The zero-order valence-electron chi connectivity index (χ0n) is 16.6. The maximum Gasteiger partial charge on any atom is 0.258 e. The average Bonchev–Trinajstić information content (AvgIpc) is 3.15. The quantitative estimate of drug-likeness (QED) is 0.476. The molecular formula is C22H19FN6O2. The summed E-state index contributed by atoms with van der Waals surface area (Å²) in [7, 11) is 0. The summed E-state index contributed by atoms with van der Waals surface area (Å²) < 4.78 is 20.0. The van der Waals surface area contributed by atoms with Crippen LogP contribution in [0.3, 0.4) is 0 Å². The van der Waals surface area contributed by atoms with E-state index in [4.69, 9.17) is 10.3 Å². The van der Waals surface area contributed by atoms with Crippen molar-refractivity contribution in [1.29, 1.82) is 0 Å². The van der Waals surface area contributed by atoms with Gasteiger partial charge in [0.15, 0.2) is 0 Å². The number of nitrogens with two attached hydrogens (primary N) is 1. The summed E-state index contributed by atoms with van der Waals surface area (Å²) in [5.74, 6) is 0.0616. The van der Waals surface area contributed by atoms with Crippen LogP contribution in [0.4, 0.5) is 15.8 Å². The predicted molar refractivity (Wildman–Crippen MR) is 113 cm³/mol. The highest BCUT2D eigenvalue weighted by Crippen LogP contribution is 2.43. The minimum Gasteiger partial charge on any atom is -0.399 e. The van der Waals surface area contributed by atoms with Crippen LogP contribution in [0, 0.1) is 6.92 Å². The molecule has 1 aliphatic carbocycles. The Kier molecular flexibility index (Phi) is 4.50. The van der Waals surface area contributed by atoms with Crippen molar-refractivity contribution >= 4 is 17.3 Å². The van der Waals surface area contributed by atoms with Crippen molar-refractivity contribution in [3.63, 3.8) is 0 Å². The Morgan fingerprint density at radius 1 is 1.29 bits per heavy atom. The Labute approximate surface area is 176 Å². The van der Waals surface area contributed by atoms with E-state index in [0.717, 1.165) is 11.3 Å². The third-order valence-corrected chi connectivity index (χ3v) is 5.20. The number of halogens is 1. The number of nitrogen functional groups attached to an aromatic ring is 1. The van der Waals surface area contributed by atoms with Gasteiger partial charge in [-0.1, -0.05) is 23.4 Å². The molecule has 2 heterocycles. The van der Waals surface area contributed by atoms with Crippen LogP contribution in [0.5, 0.6) is 0 Å². The molecule has 3 N–H and O–H groups in total. The lowest BCUT2D eigenvalue weighted by atomic mass is 10.1. The molecule has 9 heteroatoms. The fourth-order valence-electron chi connectivity index (χ4n) is 3.26. The summed E-state index contributed by atoms with van der Waals surface area (Å²) >= 11 is 0. The molecule has 1 saturated carbocycles. The van der Waals surface area contributed by atoms with Gasteiger partial charge in [-0.3, -0.25) is 4.79 Å². The molecule has 0 radical (unpaired) electrons. The largest absolute Gasteiger partial charge is 0.399 e. The molecule has 1 aliphatic rings. The lowest BCUT2D eigenvalue weighted by molar-refractivity contribution is 0.102. The highest BCUT2D eigenvalue weighted by atomic mass is 19.1. The fourth-order valence-corrected chi connectivity index (χ4v) is 3.26. The second-order valence-electron chi connectivity index (χ2n) is 7.57. The van der Waals surface area contributed by atoms with E-state index >= 15 is 0 Å². The Morgan fingerprint density at radius 3 is 2.90 bits per heavy atom. The number of rotatable bonds is 5. The van der Waals surface area contributed by atoms with Gasteiger partial charge in [0, 0.05) is 23.1 Å². The number of amides is 1. The molecule has 4 aromatic rings. The highest BCUT2D eigenvalue weighted by molar-refractivity contribution is 6.04. The third-order valence-electron chi connectivity index (χ3n) is 5.20. The van der Waals surface area contributed by atoms with Crippen molar-refractivity contribution in [3.05, 3.63) is 71.9 Å². The number of hydrogen-bond donors (Lipinski definition) is 2. The van der Waals surface area contributed by atoms with Crippen molar-refractivity contribution in [2.75, 3.05) is 11.1 Å². The zero-order valence-corrected chi connectivity index (χ0v) is 16.6. The topological polar surface area (TPSA) is 112 Å². The van der Waals surface area contributed by atoms with E-state index in [2.05, 4.69) is 20.6 Å². The number of carbonyl (C=O) groups is 1. The van der Waals surface area contributed by atoms with Crippen molar-refractivity contribution in [2.24, 2.45) is 0 Å². The molecule has 2 aromatic heterocycles. The van der Waals surface area contributed by atoms with E-state index in [1.165, 1.54) is 6.20 Å². The number of hydrogen-bond acceptors (Lipinski definition) is 6. The molecule has 31 heavy (non-hydrogen) atoms. The summed E-state index contributed by atoms with van der Waals surface area (Å²) in [6, 6.07) is 12.7. The first-order valence-corrected chi connectivity index (χ1v) is 9.78. The highest BCUT2D eigenvalue weighted by Gasteiger charge is 2.43. The first kappa shape index (κ1) is 19.0. The lowest BCUT2D eigenvalue weighted by Crippen LogP contribution is -2.12. The van der Waals surface area contributed by atoms with E-state index in [1.54, 1.807) is 29.1 Å². The van der Waals surface area contributed by atoms with Crippen LogP contribution in [-0.2, 0) is 0 Å². The number of nitrogens with one attached hydrogen (secondary N) is 1. The zero-order chi connectivity index (χ0) is 21.5. The van der Waals surface area contributed by atoms with Gasteiger partial charge < -0.3 is 15.6 Å². The van der Waals surface area contributed by atoms with E-state index in [1.807, 2.05) is 31.2 Å². The first-order valence-electron chi connectivity index (χ1n) is 9.78. The molecule has 1 fully saturated rings. The molecule has 8 nitrogen and oxygen atoms in total. The van der Waals surface area contributed by atoms with Crippen LogP contribution in [0.2, 0.25) is 0 Å². The van der Waals surface area contributed by atoms with Crippen LogP contribution in [-0.4, -0.2) is 32.0 Å². The molecule has 0 spiro atoms. The number of aromatic nitrogens is 4. The molecular weight excluding hydrogens is 399 g/mol. The summed E-state index contributed by atoms with van der Waals surface area (Å²) in [5, 5.41) is 11.1. The summed E-state index contributed by atoms with van der Waals surface area (Å²) in [5.41, 5.74) is 9.74. The van der Waals surface area contributed by atoms with Gasteiger partial charge in [0.05, 0.1) is 23.4 Å². The van der Waals surface area contributed by atoms with Crippen LogP contribution in [0.1, 0.15) is 34.2 Å². The molecule has 156 valence electrons. The van der Waals surface area contributed by atoms with E-state index in [-0.39, 0.29) is 11.8 Å². The minimum absolute atomic E-state index is 0.303. The van der Waals surface area contributed by atoms with Crippen molar-refractivity contribution < 1.29 is 13.7 Å². The first-order chi connectivity index (χ1) is 15.0. The van der Waals surface area contributed by atoms with Gasteiger partial charge in [0.25, 0.3) is 5.91 Å². The standard InChI is InChI=1S/C22H19FN6O2/c1-12-5-6-13(20-27-22(31-28-20)17-9-18(17)23)7-19(12)26-21(30)14-10-25-29(11-14)16-4-2-3-15(24)8-16/h2-8,10-11,17-18H,9,24H2,1H3,(H,26,30)/t17-,18-/m0/s1. The van der Waals surface area contributed by atoms with Crippen LogP contribution in [0.25, 0.3) is 17.1 Å². The molecule has 2 aromatic carbocycles. The van der Waals surface area contributed by atoms with Gasteiger partial charge in [-0.05, 0) is 43.2 Å². The van der Waals surface area contributed by atoms with E-state index in [0.29, 0.717) is 40.6 Å². The third kappa shape index (κ3) is 3.77. The maximum absolute atomic E-state index is 13.2. The Hall–Kier alpha value is -4.01. The van der Waals surface area contributed by atoms with Crippen LogP contribution in [0.15, 0.2) is 59.4 Å². The Morgan fingerprint density at radius 2 is 2.13 bits per heavy atom. The van der Waals surface area contributed by atoms with Gasteiger partial charge in [0.2, 0.25) is 11.7 Å². The molecule has 0 aliphatic heterocycles. The Bertz CT molecular complexity index is 1280. The van der Waals surface area contributed by atoms with Gasteiger partial charge in [-0.2, -0.15) is 10.1 Å². The normalized spacial score (nSPS) is 17.5. The molecule has 2 atom stereocenters. The number of aryl methyl sites for hydroxylation is 1. The van der Waals surface area contributed by atoms with Crippen molar-refractivity contribution in [2.45, 2.75) is 25.4 Å². The van der Waals surface area contributed by atoms with Gasteiger partial charge in [-0.15, -0.1) is 0 Å². The second kappa shape index (κ2) is 7.35. The number of benzene rings is 2. The monoisotopic (exact) mass is 418 g/mol. The van der Waals surface area contributed by atoms with Crippen molar-refractivity contribution in [3.8, 4) is 17.1 Å². The second-order valence-corrected chi connectivity index (χ2v) is 7.57. The van der Waals surface area contributed by atoms with E-state index in [9.17, 15) is 9.18 Å². The van der Waals surface area contributed by atoms with Gasteiger partial charge >= 0.3 is 0 Å². The molecule has 0 bridgehead atoms. The fraction of sp³-hybridized carbons (Fsp3) is 0.182. The Balaban J connectivity index is 1.36. The van der Waals surface area contributed by atoms with Crippen LogP contribution < -0.4 is 11.1 Å². The van der Waals surface area contributed by atoms with Crippen LogP contribution >= 0.6 is 0 Å². The molecule has 0 saturated heterocycles. The van der Waals surface area contributed by atoms with E-state index < -0.39 is 6.17 Å². The average molecular weight is 418 g/mol. The number of carbonyl (C=O) groups excluding carboxylic acids is 1. The molecule has 1 amide bonds. The number of nitrogens with zero attached hydrogens (tertiary/aromatic N) is 4. The summed E-state index contributed by atoms with van der Waals surface area (Å²) in [6.45, 7) is 1.88. The lowest BCUT2D eigenvalue weighted by Gasteiger charge is -2.08. The predicted octanol–water partition coefficient (Wildman–Crippen LogP) is 3.89. The van der Waals surface area contributed by atoms with Gasteiger partial charge in [-0.25, -0.2) is 9.07 Å². The molecule has 5 rings (SSSR count). The molecule has 0 unspecified atom stereocenters. The smallest absolute Gasteiger partial charge is 0.258 e. The number of anilines is 2.